The number of anilines is 1. The van der Waals surface area contributed by atoms with Gasteiger partial charge < -0.3 is 19.5 Å². The molecule has 0 atom stereocenters. The Morgan fingerprint density at radius 2 is 2.00 bits per heavy atom. The lowest BCUT2D eigenvalue weighted by molar-refractivity contribution is -0.129. The number of pyridine rings is 2. The molecule has 0 unspecified atom stereocenters. The van der Waals surface area contributed by atoms with Crippen molar-refractivity contribution < 1.29 is 18.7 Å². The van der Waals surface area contributed by atoms with Gasteiger partial charge in [0.25, 0.3) is 0 Å². The van der Waals surface area contributed by atoms with Gasteiger partial charge >= 0.3 is 5.97 Å². The molecule has 0 aliphatic carbocycles. The van der Waals surface area contributed by atoms with E-state index in [0.29, 0.717) is 26.2 Å². The molecular formula is C17H19FN4O4. The highest BCUT2D eigenvalue weighted by atomic mass is 19.1. The number of H-pyrrole nitrogens is 1. The Morgan fingerprint density at radius 3 is 2.62 bits per heavy atom. The second-order valence-corrected chi connectivity index (χ2v) is 5.94. The third-order valence-corrected chi connectivity index (χ3v) is 4.32. The Hall–Kier alpha value is -2.97. The molecule has 1 saturated heterocycles. The molecule has 26 heavy (non-hydrogen) atoms. The minimum Gasteiger partial charge on any atom is -0.462 e. The smallest absolute Gasteiger partial charge is 0.343 e. The molecule has 0 spiro atoms. The predicted octanol–water partition coefficient (Wildman–Crippen LogP) is 0.907. The monoisotopic (exact) mass is 362 g/mol. The van der Waals surface area contributed by atoms with Gasteiger partial charge in [-0.15, -0.1) is 0 Å². The van der Waals surface area contributed by atoms with E-state index in [4.69, 9.17) is 4.74 Å². The van der Waals surface area contributed by atoms with E-state index in [0.717, 1.165) is 6.07 Å². The van der Waals surface area contributed by atoms with E-state index >= 15 is 0 Å². The Labute approximate surface area is 148 Å². The van der Waals surface area contributed by atoms with E-state index in [2.05, 4.69) is 9.97 Å². The normalized spacial score (nSPS) is 14.6. The topological polar surface area (TPSA) is 95.6 Å². The summed E-state index contributed by atoms with van der Waals surface area (Å²) in [6.07, 6.45) is 1.23. The van der Waals surface area contributed by atoms with E-state index in [-0.39, 0.29) is 34.9 Å². The maximum absolute atomic E-state index is 14.6. The second kappa shape index (κ2) is 7.11. The number of piperazine rings is 1. The molecule has 0 radical (unpaired) electrons. The van der Waals surface area contributed by atoms with Crippen LogP contribution >= 0.6 is 0 Å². The van der Waals surface area contributed by atoms with Crippen LogP contribution in [0.5, 0.6) is 0 Å². The average molecular weight is 362 g/mol. The lowest BCUT2D eigenvalue weighted by Gasteiger charge is -2.35. The number of aromatic nitrogens is 2. The molecule has 138 valence electrons. The van der Waals surface area contributed by atoms with Gasteiger partial charge in [-0.3, -0.25) is 9.59 Å². The Kier molecular flexibility index (Phi) is 4.88. The first kappa shape index (κ1) is 17.8. The Bertz CT molecular complexity index is 919. The fourth-order valence-corrected chi connectivity index (χ4v) is 2.93. The first-order chi connectivity index (χ1) is 12.4. The minimum atomic E-state index is -0.763. The molecule has 9 heteroatoms. The summed E-state index contributed by atoms with van der Waals surface area (Å²) in [6, 6.07) is 1.08. The molecule has 0 bridgehead atoms. The molecule has 3 rings (SSSR count). The first-order valence-electron chi connectivity index (χ1n) is 8.32. The molecule has 1 aliphatic heterocycles. The average Bonchev–Trinajstić information content (AvgIpc) is 2.62. The van der Waals surface area contributed by atoms with Crippen LogP contribution in [0.15, 0.2) is 17.1 Å². The van der Waals surface area contributed by atoms with Gasteiger partial charge in [0.2, 0.25) is 11.3 Å². The standard InChI is InChI=1S/C17H19FN4O4/c1-3-26-17(25)12-9-19-15-11(14(12)24)8-13(18)16(20-15)22-6-4-21(5-7-22)10(2)23/h8-9H,3-7H2,1-2H3,(H,19,20,24). The summed E-state index contributed by atoms with van der Waals surface area (Å²) >= 11 is 0. The van der Waals surface area contributed by atoms with Crippen LogP contribution in [0.25, 0.3) is 11.0 Å². The van der Waals surface area contributed by atoms with Gasteiger partial charge in [-0.2, -0.15) is 0 Å². The molecule has 3 heterocycles. The van der Waals surface area contributed by atoms with Crippen LogP contribution in [-0.4, -0.2) is 59.5 Å². The van der Waals surface area contributed by atoms with E-state index in [9.17, 15) is 18.8 Å². The lowest BCUT2D eigenvalue weighted by atomic mass is 10.2. The zero-order valence-corrected chi connectivity index (χ0v) is 14.5. The van der Waals surface area contributed by atoms with Crippen molar-refractivity contribution in [1.29, 1.82) is 0 Å². The van der Waals surface area contributed by atoms with Gasteiger partial charge in [-0.05, 0) is 13.0 Å². The molecule has 1 amide bonds. The Balaban J connectivity index is 1.94. The molecule has 2 aromatic rings. The van der Waals surface area contributed by atoms with Crippen LogP contribution in [0.1, 0.15) is 24.2 Å². The van der Waals surface area contributed by atoms with Gasteiger partial charge in [0.15, 0.2) is 11.6 Å². The van der Waals surface area contributed by atoms with Gasteiger partial charge in [-0.1, -0.05) is 0 Å². The number of nitrogens with one attached hydrogen (secondary N) is 1. The number of ether oxygens (including phenoxy) is 1. The summed E-state index contributed by atoms with van der Waals surface area (Å²) in [5.41, 5.74) is -0.631. The molecule has 1 N–H and O–H groups in total. The van der Waals surface area contributed by atoms with Crippen LogP contribution in [0.3, 0.4) is 0 Å². The summed E-state index contributed by atoms with van der Waals surface area (Å²) in [5, 5.41) is -0.0147. The maximum atomic E-state index is 14.6. The van der Waals surface area contributed by atoms with Crippen LogP contribution in [-0.2, 0) is 9.53 Å². The fourth-order valence-electron chi connectivity index (χ4n) is 2.93. The number of hydrogen-bond donors (Lipinski definition) is 1. The number of carbonyl (C=O) groups excluding carboxylic acids is 2. The van der Waals surface area contributed by atoms with Crippen molar-refractivity contribution in [1.82, 2.24) is 14.9 Å². The highest BCUT2D eigenvalue weighted by Gasteiger charge is 2.23. The number of aromatic amines is 1. The van der Waals surface area contributed by atoms with E-state index < -0.39 is 17.2 Å². The second-order valence-electron chi connectivity index (χ2n) is 5.94. The number of esters is 1. The summed E-state index contributed by atoms with van der Waals surface area (Å²) < 4.78 is 19.4. The van der Waals surface area contributed by atoms with Crippen molar-refractivity contribution >= 4 is 28.7 Å². The van der Waals surface area contributed by atoms with Gasteiger partial charge in [-0.25, -0.2) is 14.2 Å². The third-order valence-electron chi connectivity index (χ3n) is 4.32. The van der Waals surface area contributed by atoms with Gasteiger partial charge in [0.1, 0.15) is 11.2 Å². The largest absolute Gasteiger partial charge is 0.462 e. The highest BCUT2D eigenvalue weighted by molar-refractivity contribution is 5.93. The molecular weight excluding hydrogens is 343 g/mol. The van der Waals surface area contributed by atoms with E-state index in [1.54, 1.807) is 16.7 Å². The van der Waals surface area contributed by atoms with Gasteiger partial charge in [0.05, 0.1) is 12.0 Å². The van der Waals surface area contributed by atoms with Crippen LogP contribution in [0, 0.1) is 5.82 Å². The van der Waals surface area contributed by atoms with Gasteiger partial charge in [0, 0.05) is 39.3 Å². The molecule has 8 nitrogen and oxygen atoms in total. The number of carbonyl (C=O) groups is 2. The minimum absolute atomic E-state index is 0.0147. The zero-order chi connectivity index (χ0) is 18.8. The van der Waals surface area contributed by atoms with Crippen LogP contribution in [0.4, 0.5) is 10.2 Å². The molecule has 0 saturated carbocycles. The lowest BCUT2D eigenvalue weighted by Crippen LogP contribution is -2.48. The fraction of sp³-hybridized carbons (Fsp3) is 0.412. The highest BCUT2D eigenvalue weighted by Crippen LogP contribution is 2.21. The summed E-state index contributed by atoms with van der Waals surface area (Å²) in [6.45, 7) is 5.11. The third kappa shape index (κ3) is 3.24. The number of fused-ring (bicyclic) bond motifs is 1. The van der Waals surface area contributed by atoms with E-state index in [1.165, 1.54) is 13.1 Å². The summed E-state index contributed by atoms with van der Waals surface area (Å²) in [4.78, 5) is 46.0. The van der Waals surface area contributed by atoms with Crippen molar-refractivity contribution in [2.24, 2.45) is 0 Å². The zero-order valence-electron chi connectivity index (χ0n) is 14.5. The number of hydrogen-bond acceptors (Lipinski definition) is 6. The molecule has 2 aromatic heterocycles. The number of rotatable bonds is 3. The van der Waals surface area contributed by atoms with Crippen molar-refractivity contribution in [2.75, 3.05) is 37.7 Å². The van der Waals surface area contributed by atoms with Crippen molar-refractivity contribution in [3.05, 3.63) is 33.9 Å². The number of halogens is 1. The molecule has 1 fully saturated rings. The summed E-state index contributed by atoms with van der Waals surface area (Å²) in [7, 11) is 0. The van der Waals surface area contributed by atoms with Crippen molar-refractivity contribution in [3.63, 3.8) is 0 Å². The quantitative estimate of drug-likeness (QED) is 0.816. The molecule has 1 aliphatic rings. The van der Waals surface area contributed by atoms with E-state index in [1.807, 2.05) is 0 Å². The number of amides is 1. The first-order valence-corrected chi connectivity index (χ1v) is 8.32. The van der Waals surface area contributed by atoms with Crippen molar-refractivity contribution in [3.8, 4) is 0 Å². The molecule has 0 aromatic carbocycles. The number of nitrogens with zero attached hydrogens (tertiary/aromatic N) is 3. The Morgan fingerprint density at radius 1 is 1.31 bits per heavy atom. The van der Waals surface area contributed by atoms with Crippen molar-refractivity contribution in [2.45, 2.75) is 13.8 Å². The summed E-state index contributed by atoms with van der Waals surface area (Å²) in [5.74, 6) is -1.33. The van der Waals surface area contributed by atoms with Crippen LogP contribution in [0.2, 0.25) is 0 Å². The SMILES string of the molecule is CCOC(=O)c1c[nH]c2nc(N3CCN(C(C)=O)CC3)c(F)cc2c1=O. The predicted molar refractivity (Wildman–Crippen MR) is 92.7 cm³/mol. The van der Waals surface area contributed by atoms with Crippen LogP contribution < -0.4 is 10.3 Å². The maximum Gasteiger partial charge on any atom is 0.343 e.